The molecule has 0 amide bonds. The third-order valence-corrected chi connectivity index (χ3v) is 2.88. The van der Waals surface area contributed by atoms with E-state index in [4.69, 9.17) is 17.0 Å². The zero-order valence-corrected chi connectivity index (χ0v) is 10.7. The van der Waals surface area contributed by atoms with Gasteiger partial charge in [0.15, 0.2) is 11.3 Å². The molecule has 1 N–H and O–H groups in total. The van der Waals surface area contributed by atoms with Gasteiger partial charge < -0.3 is 15.0 Å². The van der Waals surface area contributed by atoms with Crippen LogP contribution in [0, 0.1) is 0 Å². The molecule has 0 unspecified atom stereocenters. The van der Waals surface area contributed by atoms with E-state index in [1.54, 1.807) is 7.11 Å². The van der Waals surface area contributed by atoms with E-state index in [0.29, 0.717) is 0 Å². The van der Waals surface area contributed by atoms with Gasteiger partial charge >= 0.3 is 0 Å². The number of nitrogens with zero attached hydrogens (tertiary/aromatic N) is 1. The molecule has 0 radical (unpaired) electrons. The van der Waals surface area contributed by atoms with Crippen molar-refractivity contribution < 1.29 is 4.74 Å². The Morgan fingerprint density at radius 2 is 1.93 bits per heavy atom. The van der Waals surface area contributed by atoms with Gasteiger partial charge in [0.05, 0.1) is 5.54 Å². The number of thiocarbonyl (C=S) groups is 1. The molecular weight excluding hydrogens is 196 g/mol. The van der Waals surface area contributed by atoms with E-state index in [-0.39, 0.29) is 17.3 Å². The first kappa shape index (κ1) is 11.7. The third-order valence-electron chi connectivity index (χ3n) is 2.58. The first-order valence-electron chi connectivity index (χ1n) is 4.85. The quantitative estimate of drug-likeness (QED) is 0.675. The summed E-state index contributed by atoms with van der Waals surface area (Å²) in [6.45, 7) is 10.7. The van der Waals surface area contributed by atoms with Crippen LogP contribution in [0.2, 0.25) is 0 Å². The van der Waals surface area contributed by atoms with Crippen LogP contribution in [0.25, 0.3) is 0 Å². The highest BCUT2D eigenvalue weighted by Gasteiger charge is 2.48. The van der Waals surface area contributed by atoms with Crippen LogP contribution in [-0.4, -0.2) is 34.4 Å². The van der Waals surface area contributed by atoms with Gasteiger partial charge in [-0.2, -0.15) is 0 Å². The number of ether oxygens (including phenoxy) is 1. The number of nitrogens with one attached hydrogen (secondary N) is 1. The van der Waals surface area contributed by atoms with E-state index >= 15 is 0 Å². The maximum absolute atomic E-state index is 5.38. The van der Waals surface area contributed by atoms with Crippen molar-refractivity contribution in [1.29, 1.82) is 0 Å². The lowest BCUT2D eigenvalue weighted by atomic mass is 9.95. The molecule has 0 aliphatic carbocycles. The van der Waals surface area contributed by atoms with Crippen LogP contribution in [0.4, 0.5) is 0 Å². The van der Waals surface area contributed by atoms with Crippen molar-refractivity contribution in [3.05, 3.63) is 0 Å². The zero-order valence-electron chi connectivity index (χ0n) is 9.84. The summed E-state index contributed by atoms with van der Waals surface area (Å²) in [5, 5.41) is 3.96. The van der Waals surface area contributed by atoms with Crippen LogP contribution in [0.15, 0.2) is 0 Å². The number of rotatable bonds is 1. The van der Waals surface area contributed by atoms with Crippen LogP contribution < -0.4 is 5.32 Å². The minimum atomic E-state index is -0.107. The molecule has 1 aliphatic rings. The summed E-state index contributed by atoms with van der Waals surface area (Å²) in [5.41, 5.74) is -0.0923. The van der Waals surface area contributed by atoms with Gasteiger partial charge in [0, 0.05) is 12.6 Å². The van der Waals surface area contributed by atoms with E-state index in [0.717, 1.165) is 5.11 Å². The van der Waals surface area contributed by atoms with E-state index < -0.39 is 0 Å². The third kappa shape index (κ3) is 1.73. The maximum Gasteiger partial charge on any atom is 0.172 e. The highest BCUT2D eigenvalue weighted by molar-refractivity contribution is 7.80. The van der Waals surface area contributed by atoms with Crippen LogP contribution in [0.5, 0.6) is 0 Å². The molecule has 0 saturated carbocycles. The minimum absolute atomic E-state index is 0.0147. The van der Waals surface area contributed by atoms with Crippen molar-refractivity contribution in [2.24, 2.45) is 0 Å². The van der Waals surface area contributed by atoms with Crippen molar-refractivity contribution in [3.8, 4) is 0 Å². The summed E-state index contributed by atoms with van der Waals surface area (Å²) in [7, 11) is 1.70. The molecule has 14 heavy (non-hydrogen) atoms. The molecule has 0 bridgehead atoms. The van der Waals surface area contributed by atoms with E-state index in [1.807, 2.05) is 0 Å². The van der Waals surface area contributed by atoms with Gasteiger partial charge in [0.25, 0.3) is 0 Å². The zero-order chi connectivity index (χ0) is 11.1. The molecule has 1 saturated heterocycles. The minimum Gasteiger partial charge on any atom is -0.359 e. The first-order valence-corrected chi connectivity index (χ1v) is 5.25. The molecule has 4 heteroatoms. The Hall–Kier alpha value is -0.350. The predicted molar refractivity (Wildman–Crippen MR) is 62.2 cm³/mol. The molecule has 0 aromatic carbocycles. The topological polar surface area (TPSA) is 24.5 Å². The SMILES string of the molecule is CO[C@@H]1NC(=S)N(C(C)(C)C)C1(C)C. The van der Waals surface area contributed by atoms with Gasteiger partial charge in [-0.05, 0) is 46.8 Å². The molecule has 1 atom stereocenters. The van der Waals surface area contributed by atoms with Crippen LogP contribution in [0.3, 0.4) is 0 Å². The average molecular weight is 216 g/mol. The molecule has 1 rings (SSSR count). The Labute approximate surface area is 91.8 Å². The molecule has 1 heterocycles. The molecule has 1 fully saturated rings. The van der Waals surface area contributed by atoms with Gasteiger partial charge in [-0.1, -0.05) is 0 Å². The Balaban J connectivity index is 3.02. The Bertz CT molecular complexity index is 245. The average Bonchev–Trinajstić information content (AvgIpc) is 2.18. The molecular formula is C10H20N2OS. The second-order valence-electron chi connectivity index (χ2n) is 5.23. The highest BCUT2D eigenvalue weighted by Crippen LogP contribution is 2.32. The van der Waals surface area contributed by atoms with E-state index in [2.05, 4.69) is 44.8 Å². The standard InChI is InChI=1S/C10H20N2OS/c1-9(2,3)12-8(14)11-7(13-6)10(12,4)5/h7H,1-6H3,(H,11,14)/t7-/m0/s1. The summed E-state index contributed by atoms with van der Waals surface area (Å²) >= 11 is 5.32. The summed E-state index contributed by atoms with van der Waals surface area (Å²) in [6.07, 6.45) is -0.0331. The first-order chi connectivity index (χ1) is 6.21. The van der Waals surface area contributed by atoms with Gasteiger partial charge in [0.2, 0.25) is 0 Å². The molecule has 0 aromatic heterocycles. The lowest BCUT2D eigenvalue weighted by Crippen LogP contribution is -2.55. The van der Waals surface area contributed by atoms with Crippen molar-refractivity contribution in [2.45, 2.75) is 51.9 Å². The summed E-state index contributed by atoms with van der Waals surface area (Å²) < 4.78 is 5.38. The lowest BCUT2D eigenvalue weighted by Gasteiger charge is -2.43. The fourth-order valence-corrected chi connectivity index (χ4v) is 2.86. The molecule has 1 aliphatic heterocycles. The second-order valence-corrected chi connectivity index (χ2v) is 5.61. The van der Waals surface area contributed by atoms with Gasteiger partial charge in [-0.3, -0.25) is 0 Å². The van der Waals surface area contributed by atoms with Crippen LogP contribution >= 0.6 is 12.2 Å². The lowest BCUT2D eigenvalue weighted by molar-refractivity contribution is -0.0100. The predicted octanol–water partition coefficient (Wildman–Crippen LogP) is 1.73. The van der Waals surface area contributed by atoms with Gasteiger partial charge in [-0.15, -0.1) is 0 Å². The van der Waals surface area contributed by atoms with Crippen molar-refractivity contribution in [2.75, 3.05) is 7.11 Å². The van der Waals surface area contributed by atoms with Crippen molar-refractivity contribution >= 4 is 17.3 Å². The second kappa shape index (κ2) is 3.35. The summed E-state index contributed by atoms with van der Waals surface area (Å²) in [4.78, 5) is 2.20. The number of methoxy groups -OCH3 is 1. The van der Waals surface area contributed by atoms with Gasteiger partial charge in [-0.25, -0.2) is 0 Å². The van der Waals surface area contributed by atoms with Crippen molar-refractivity contribution in [1.82, 2.24) is 10.2 Å². The Morgan fingerprint density at radius 3 is 2.14 bits per heavy atom. The fraction of sp³-hybridized carbons (Fsp3) is 0.900. The smallest absolute Gasteiger partial charge is 0.172 e. The van der Waals surface area contributed by atoms with Crippen LogP contribution in [0.1, 0.15) is 34.6 Å². The summed E-state index contributed by atoms with van der Waals surface area (Å²) in [6, 6.07) is 0. The molecule has 0 spiro atoms. The van der Waals surface area contributed by atoms with Crippen molar-refractivity contribution in [3.63, 3.8) is 0 Å². The molecule has 3 nitrogen and oxygen atoms in total. The van der Waals surface area contributed by atoms with E-state index in [9.17, 15) is 0 Å². The van der Waals surface area contributed by atoms with Crippen LogP contribution in [-0.2, 0) is 4.74 Å². The number of hydrogen-bond acceptors (Lipinski definition) is 2. The summed E-state index contributed by atoms with van der Waals surface area (Å²) in [5.74, 6) is 0. The Kier molecular flexibility index (Phi) is 2.80. The van der Waals surface area contributed by atoms with Gasteiger partial charge in [0.1, 0.15) is 0 Å². The highest BCUT2D eigenvalue weighted by atomic mass is 32.1. The molecule has 82 valence electrons. The van der Waals surface area contributed by atoms with E-state index in [1.165, 1.54) is 0 Å². The molecule has 0 aromatic rings. The Morgan fingerprint density at radius 1 is 1.43 bits per heavy atom. The normalized spacial score (nSPS) is 26.6. The monoisotopic (exact) mass is 216 g/mol. The number of hydrogen-bond donors (Lipinski definition) is 1. The largest absolute Gasteiger partial charge is 0.359 e. The fourth-order valence-electron chi connectivity index (χ4n) is 2.25. The maximum atomic E-state index is 5.38.